The summed E-state index contributed by atoms with van der Waals surface area (Å²) >= 11 is 0. The van der Waals surface area contributed by atoms with Gasteiger partial charge in [-0.05, 0) is 306 Å². The number of unbranched alkanes of at least 4 members (excludes halogenated alkanes) is 15. The maximum atomic E-state index is 6.18. The van der Waals surface area contributed by atoms with Crippen molar-refractivity contribution in [2.24, 2.45) is 0 Å². The van der Waals surface area contributed by atoms with E-state index < -0.39 is 5.54 Å². The molecule has 3 fully saturated rings. The second-order valence-corrected chi connectivity index (χ2v) is 50.2. The van der Waals surface area contributed by atoms with Gasteiger partial charge in [-0.3, -0.25) is 9.80 Å². The molecule has 23 nitrogen and oxygen atoms in total. The van der Waals surface area contributed by atoms with Crippen LogP contribution in [0.15, 0.2) is 0 Å². The lowest BCUT2D eigenvalue weighted by atomic mass is 9.77. The van der Waals surface area contributed by atoms with Crippen LogP contribution in [0.5, 0.6) is 0 Å². The van der Waals surface area contributed by atoms with Gasteiger partial charge < -0.3 is 60.9 Å². The minimum Gasteiger partial charge on any atom is -0.341 e. The zero-order chi connectivity index (χ0) is 101. The number of rotatable bonds is 67. The van der Waals surface area contributed by atoms with E-state index >= 15 is 0 Å². The van der Waals surface area contributed by atoms with Crippen molar-refractivity contribution in [1.29, 1.82) is 0 Å². The molecule has 2 atom stereocenters. The van der Waals surface area contributed by atoms with Crippen molar-refractivity contribution < 1.29 is 0 Å². The predicted molar refractivity (Wildman–Crippen MR) is 585 cm³/mol. The summed E-state index contributed by atoms with van der Waals surface area (Å²) in [4.78, 5) is 75.8. The number of piperidine rings is 3. The average Bonchev–Trinajstić information content (AvgIpc) is 0.753. The quantitative estimate of drug-likeness (QED) is 0.0333. The molecule has 782 valence electrons. The van der Waals surface area contributed by atoms with Crippen LogP contribution in [0, 0.1) is 0 Å². The molecule has 135 heavy (non-hydrogen) atoms. The fourth-order valence-corrected chi connectivity index (χ4v) is 23.7. The summed E-state index contributed by atoms with van der Waals surface area (Å²) in [5.41, 5.74) is -1.82. The average molecular weight is 1890 g/mol. The molecule has 5 N–H and O–H groups in total. The molecule has 0 aliphatic carbocycles. The van der Waals surface area contributed by atoms with Gasteiger partial charge >= 0.3 is 0 Å². The monoisotopic (exact) mass is 1890 g/mol. The first kappa shape index (κ1) is 119. The summed E-state index contributed by atoms with van der Waals surface area (Å²) in [6, 6.07) is 1.56. The van der Waals surface area contributed by atoms with E-state index in [1.165, 1.54) is 0 Å². The molecule has 0 saturated carbocycles. The van der Waals surface area contributed by atoms with E-state index in [0.717, 1.165) is 376 Å². The summed E-state index contributed by atoms with van der Waals surface area (Å²) < 4.78 is 0. The topological polar surface area (TPSA) is 205 Å². The van der Waals surface area contributed by atoms with Gasteiger partial charge in [0.2, 0.25) is 41.6 Å². The third kappa shape index (κ3) is 39.9. The van der Waals surface area contributed by atoms with Crippen molar-refractivity contribution in [3.8, 4) is 0 Å². The fraction of sp³-hybridized carbons (Fsp3) is 0.920. The van der Waals surface area contributed by atoms with Gasteiger partial charge in [0.15, 0.2) is 5.82 Å². The Labute approximate surface area is 833 Å². The maximum absolute atomic E-state index is 6.18. The van der Waals surface area contributed by atoms with E-state index in [9.17, 15) is 0 Å². The highest BCUT2D eigenvalue weighted by atomic mass is 15.4. The van der Waals surface area contributed by atoms with Crippen LogP contribution in [0.3, 0.4) is 0 Å². The number of anilines is 7. The molecule has 0 radical (unpaired) electrons. The Hall–Kier alpha value is -4.65. The number of hydrogen-bond acceptors (Lipinski definition) is 23. The second kappa shape index (κ2) is 54.7. The standard InChI is InChI=1S/C112H219N23/c1-37-48-65-127(66-49-38-2)95-113-93(114-96(117-95)128(67-50-39-3)68-51-40-4)103(17,18)86-131(90-80-106(23,24)124-107(25,26)81-90)73-61-57-58-63-76-134(91-82-108(27,28)125-109(29,30)83-91)100-116-94(115-99(121-100)132(74-56-45-9)89(47-11)79-105(21,22)123-102(14,15)16)112(35,36)135(92-84-110(31,32)126-111(33,34)85-92)77-64-60-59-62-75-133(88(46-10)78-104(19,20)122-87(12)13)101-119-97(129(69-52-41-5)70-53-42-6)118-98(120-101)130(71-54-43-7)72-55-44-8/h87-92,122-126H,37-86H2,1-36H3. The second-order valence-electron chi connectivity index (χ2n) is 50.2. The van der Waals surface area contributed by atoms with Crippen LogP contribution < -0.4 is 60.9 Å². The van der Waals surface area contributed by atoms with E-state index in [4.69, 9.17) is 44.9 Å². The highest BCUT2D eigenvalue weighted by Gasteiger charge is 2.49. The van der Waals surface area contributed by atoms with Gasteiger partial charge in [0.1, 0.15) is 5.82 Å². The molecule has 6 heterocycles. The molecule has 3 aromatic rings. The molecule has 6 rings (SSSR count). The first-order valence-corrected chi connectivity index (χ1v) is 56.3. The van der Waals surface area contributed by atoms with Gasteiger partial charge in [0.25, 0.3) is 0 Å². The molecule has 0 spiro atoms. The van der Waals surface area contributed by atoms with Gasteiger partial charge in [-0.2, -0.15) is 44.9 Å². The van der Waals surface area contributed by atoms with Crippen LogP contribution in [0.1, 0.15) is 492 Å². The molecule has 3 aliphatic rings. The predicted octanol–water partition coefficient (Wildman–Crippen LogP) is 24.9. The van der Waals surface area contributed by atoms with Gasteiger partial charge in [-0.25, -0.2) is 0 Å². The fourth-order valence-electron chi connectivity index (χ4n) is 23.7. The van der Waals surface area contributed by atoms with E-state index in [2.05, 4.69) is 320 Å². The summed E-state index contributed by atoms with van der Waals surface area (Å²) in [7, 11) is 0. The SMILES string of the molecule is CCCCN(CCCC)c1nc(N(CCCC)CCCC)nc(N(CCCCCCN(C2CC(C)(C)NC(C)(C)C2)C(C)(C)c2nc(N(CCCC)C(CC)CC(C)(C)NC(C)(C)C)nc(N(CCCCCCN(CC(C)(C)c3nc(N(CCCC)CCCC)nc(N(CCCC)CCCC)n3)C3CC(C)(C)NC(C)(C)C3)C3CC(C)(C)NC(C)(C)C3)n2)C(CC)CC(C)(C)NC(C)C)n1. The normalized spacial score (nSPS) is 17.8. The summed E-state index contributed by atoms with van der Waals surface area (Å²) in [5, 5.41) is 20.4. The van der Waals surface area contributed by atoms with Crippen molar-refractivity contribution in [1.82, 2.24) is 81.2 Å². The lowest BCUT2D eigenvalue weighted by Gasteiger charge is -2.53. The zero-order valence-electron chi connectivity index (χ0n) is 95.4. The lowest BCUT2D eigenvalue weighted by Crippen LogP contribution is -2.64. The number of aromatic nitrogens is 9. The van der Waals surface area contributed by atoms with Crippen molar-refractivity contribution in [2.75, 3.05) is 126 Å². The van der Waals surface area contributed by atoms with Crippen LogP contribution in [-0.4, -0.2) is 232 Å². The van der Waals surface area contributed by atoms with E-state index in [1.54, 1.807) is 0 Å². The largest absolute Gasteiger partial charge is 0.341 e. The Morgan fingerprint density at radius 1 is 0.311 bits per heavy atom. The summed E-state index contributed by atoms with van der Waals surface area (Å²) in [6.45, 7) is 98.8. The van der Waals surface area contributed by atoms with Crippen molar-refractivity contribution in [3.05, 3.63) is 11.6 Å². The Kier molecular flexibility index (Phi) is 48.2. The van der Waals surface area contributed by atoms with E-state index in [0.29, 0.717) is 12.1 Å². The molecular formula is C112H219N23. The third-order valence-electron chi connectivity index (χ3n) is 29.0. The Morgan fingerprint density at radius 3 is 0.963 bits per heavy atom. The Balaban J connectivity index is 1.50. The number of hydrogen-bond donors (Lipinski definition) is 5. The van der Waals surface area contributed by atoms with Crippen LogP contribution >= 0.6 is 0 Å². The van der Waals surface area contributed by atoms with Crippen LogP contribution in [0.2, 0.25) is 0 Å². The maximum Gasteiger partial charge on any atom is 0.232 e. The van der Waals surface area contributed by atoms with Crippen molar-refractivity contribution in [3.63, 3.8) is 0 Å². The van der Waals surface area contributed by atoms with E-state index in [-0.39, 0.29) is 79.4 Å². The summed E-state index contributed by atoms with van der Waals surface area (Å²) in [5.74, 6) is 7.79. The molecule has 3 aromatic heterocycles. The zero-order valence-corrected chi connectivity index (χ0v) is 95.4. The molecule has 3 saturated heterocycles. The smallest absolute Gasteiger partial charge is 0.232 e. The number of nitrogens with zero attached hydrogens (tertiary/aromatic N) is 18. The minimum absolute atomic E-state index is 0.0226. The van der Waals surface area contributed by atoms with Gasteiger partial charge in [-0.15, -0.1) is 0 Å². The van der Waals surface area contributed by atoms with Crippen LogP contribution in [0.25, 0.3) is 0 Å². The van der Waals surface area contributed by atoms with Crippen molar-refractivity contribution >= 4 is 41.6 Å². The molecule has 0 amide bonds. The molecule has 23 heteroatoms. The number of nitrogens with one attached hydrogen (secondary N) is 5. The minimum atomic E-state index is -0.606. The van der Waals surface area contributed by atoms with Crippen molar-refractivity contribution in [2.45, 2.75) is 577 Å². The lowest BCUT2D eigenvalue weighted by molar-refractivity contribution is -0.00266. The molecule has 2 unspecified atom stereocenters. The van der Waals surface area contributed by atoms with Gasteiger partial charge in [0.05, 0.1) is 5.54 Å². The van der Waals surface area contributed by atoms with Gasteiger partial charge in [0, 0.05) is 170 Å². The molecule has 3 aliphatic heterocycles. The highest BCUT2D eigenvalue weighted by Crippen LogP contribution is 2.43. The molecular weight excluding hydrogens is 1670 g/mol. The third-order valence-corrected chi connectivity index (χ3v) is 29.0. The Morgan fingerprint density at radius 2 is 0.600 bits per heavy atom. The first-order valence-electron chi connectivity index (χ1n) is 56.3. The molecule has 0 bridgehead atoms. The van der Waals surface area contributed by atoms with Gasteiger partial charge in [-0.1, -0.05) is 187 Å². The molecule has 0 aromatic carbocycles. The first-order chi connectivity index (χ1) is 63.2. The van der Waals surface area contributed by atoms with E-state index in [1.807, 2.05) is 0 Å². The highest BCUT2D eigenvalue weighted by molar-refractivity contribution is 5.49. The van der Waals surface area contributed by atoms with Crippen LogP contribution in [0.4, 0.5) is 41.6 Å². The Bertz CT molecular complexity index is 3630. The van der Waals surface area contributed by atoms with Crippen LogP contribution in [-0.2, 0) is 11.0 Å². The summed E-state index contributed by atoms with van der Waals surface area (Å²) in [6.07, 6.45) is 38.7.